The molecule has 0 saturated carbocycles. The van der Waals surface area contributed by atoms with Crippen molar-refractivity contribution in [3.63, 3.8) is 0 Å². The van der Waals surface area contributed by atoms with Crippen LogP contribution in [0.1, 0.15) is 36.0 Å². The fourth-order valence-corrected chi connectivity index (χ4v) is 3.13. The Labute approximate surface area is 129 Å². The minimum Gasteiger partial charge on any atom is -0.336 e. The number of benzene rings is 1. The summed E-state index contributed by atoms with van der Waals surface area (Å²) in [6.45, 7) is 0.838. The normalized spacial score (nSPS) is 18.3. The first-order valence-corrected chi connectivity index (χ1v) is 7.91. The molecule has 1 fully saturated rings. The standard InChI is InChI=1S/C16H18ClN3O/c17-7-1-3-13-4-2-10-20(13)16(21)12-5-6-14-15(11-12)19-9-8-18-14/h5-6,8-9,11,13H,1-4,7,10H2. The van der Waals surface area contributed by atoms with Crippen LogP contribution in [0.15, 0.2) is 30.6 Å². The molecule has 1 aliphatic heterocycles. The molecular formula is C16H18ClN3O. The molecule has 0 spiro atoms. The topological polar surface area (TPSA) is 46.1 Å². The van der Waals surface area contributed by atoms with Crippen molar-refractivity contribution in [2.75, 3.05) is 12.4 Å². The lowest BCUT2D eigenvalue weighted by molar-refractivity contribution is 0.0730. The van der Waals surface area contributed by atoms with Crippen molar-refractivity contribution in [2.45, 2.75) is 31.7 Å². The molecular weight excluding hydrogens is 286 g/mol. The zero-order valence-electron chi connectivity index (χ0n) is 11.8. The predicted octanol–water partition coefficient (Wildman–Crippen LogP) is 3.25. The minimum absolute atomic E-state index is 0.0969. The maximum Gasteiger partial charge on any atom is 0.254 e. The minimum atomic E-state index is 0.0969. The number of fused-ring (bicyclic) bond motifs is 1. The zero-order chi connectivity index (χ0) is 14.7. The molecule has 0 bridgehead atoms. The van der Waals surface area contributed by atoms with Crippen molar-refractivity contribution in [2.24, 2.45) is 0 Å². The van der Waals surface area contributed by atoms with E-state index in [1.807, 2.05) is 23.1 Å². The highest BCUT2D eigenvalue weighted by molar-refractivity contribution is 6.17. The van der Waals surface area contributed by atoms with Gasteiger partial charge in [-0.2, -0.15) is 0 Å². The van der Waals surface area contributed by atoms with Gasteiger partial charge in [-0.05, 0) is 43.9 Å². The Morgan fingerprint density at radius 3 is 2.90 bits per heavy atom. The average Bonchev–Trinajstić information content (AvgIpc) is 3.00. The summed E-state index contributed by atoms with van der Waals surface area (Å²) in [6, 6.07) is 5.87. The number of hydrogen-bond acceptors (Lipinski definition) is 3. The van der Waals surface area contributed by atoms with Gasteiger partial charge in [0.1, 0.15) is 0 Å². The van der Waals surface area contributed by atoms with Crippen molar-refractivity contribution < 1.29 is 4.79 Å². The molecule has 1 aromatic carbocycles. The van der Waals surface area contributed by atoms with E-state index >= 15 is 0 Å². The number of nitrogens with zero attached hydrogens (tertiary/aromatic N) is 3. The van der Waals surface area contributed by atoms with Crippen molar-refractivity contribution >= 4 is 28.5 Å². The summed E-state index contributed by atoms with van der Waals surface area (Å²) in [4.78, 5) is 23.2. The molecule has 1 atom stereocenters. The summed E-state index contributed by atoms with van der Waals surface area (Å²) in [6.07, 6.45) is 7.41. The molecule has 1 unspecified atom stereocenters. The molecule has 4 nitrogen and oxygen atoms in total. The van der Waals surface area contributed by atoms with E-state index in [0.717, 1.165) is 43.3 Å². The van der Waals surface area contributed by atoms with Gasteiger partial charge in [-0.25, -0.2) is 0 Å². The monoisotopic (exact) mass is 303 g/mol. The van der Waals surface area contributed by atoms with E-state index < -0.39 is 0 Å². The van der Waals surface area contributed by atoms with Gasteiger partial charge in [0.2, 0.25) is 0 Å². The largest absolute Gasteiger partial charge is 0.336 e. The van der Waals surface area contributed by atoms with E-state index in [-0.39, 0.29) is 5.91 Å². The van der Waals surface area contributed by atoms with Crippen LogP contribution in [-0.4, -0.2) is 39.2 Å². The third kappa shape index (κ3) is 3.00. The van der Waals surface area contributed by atoms with E-state index in [1.54, 1.807) is 12.4 Å². The molecule has 1 aliphatic rings. The molecule has 21 heavy (non-hydrogen) atoms. The van der Waals surface area contributed by atoms with Gasteiger partial charge < -0.3 is 4.90 Å². The van der Waals surface area contributed by atoms with Crippen LogP contribution < -0.4 is 0 Å². The number of halogens is 1. The lowest BCUT2D eigenvalue weighted by Crippen LogP contribution is -2.35. The summed E-state index contributed by atoms with van der Waals surface area (Å²) in [5.74, 6) is 0.754. The van der Waals surface area contributed by atoms with Crippen LogP contribution in [0.5, 0.6) is 0 Å². The van der Waals surface area contributed by atoms with Gasteiger partial charge in [-0.1, -0.05) is 0 Å². The van der Waals surface area contributed by atoms with E-state index in [1.165, 1.54) is 0 Å². The van der Waals surface area contributed by atoms with Crippen molar-refractivity contribution in [3.05, 3.63) is 36.2 Å². The third-order valence-electron chi connectivity index (χ3n) is 4.03. The molecule has 0 aliphatic carbocycles. The molecule has 3 rings (SSSR count). The SMILES string of the molecule is O=C(c1ccc2nccnc2c1)N1CCCC1CCCCl. The highest BCUT2D eigenvalue weighted by atomic mass is 35.5. The second kappa shape index (κ2) is 6.39. The van der Waals surface area contributed by atoms with Crippen molar-refractivity contribution in [3.8, 4) is 0 Å². The van der Waals surface area contributed by atoms with Crippen LogP contribution in [-0.2, 0) is 0 Å². The Balaban J connectivity index is 1.82. The Hall–Kier alpha value is -1.68. The molecule has 5 heteroatoms. The van der Waals surface area contributed by atoms with E-state index in [9.17, 15) is 4.79 Å². The first kappa shape index (κ1) is 14.3. The van der Waals surface area contributed by atoms with E-state index in [2.05, 4.69) is 9.97 Å². The first-order valence-electron chi connectivity index (χ1n) is 7.37. The van der Waals surface area contributed by atoms with Crippen LogP contribution in [0.2, 0.25) is 0 Å². The molecule has 1 saturated heterocycles. The van der Waals surface area contributed by atoms with Crippen molar-refractivity contribution in [1.82, 2.24) is 14.9 Å². The number of rotatable bonds is 4. The van der Waals surface area contributed by atoms with Gasteiger partial charge in [0.05, 0.1) is 11.0 Å². The number of alkyl halides is 1. The number of carbonyl (C=O) groups excluding carboxylic acids is 1. The maximum absolute atomic E-state index is 12.7. The summed E-state index contributed by atoms with van der Waals surface area (Å²) in [7, 11) is 0. The molecule has 2 heterocycles. The van der Waals surface area contributed by atoms with Crippen LogP contribution in [0.25, 0.3) is 11.0 Å². The van der Waals surface area contributed by atoms with Gasteiger partial charge in [0.25, 0.3) is 5.91 Å². The van der Waals surface area contributed by atoms with E-state index in [0.29, 0.717) is 17.5 Å². The third-order valence-corrected chi connectivity index (χ3v) is 4.29. The summed E-state index contributed by atoms with van der Waals surface area (Å²) < 4.78 is 0. The molecule has 1 aromatic heterocycles. The predicted molar refractivity (Wildman–Crippen MR) is 83.6 cm³/mol. The first-order chi connectivity index (χ1) is 10.3. The van der Waals surface area contributed by atoms with Crippen LogP contribution in [0, 0.1) is 0 Å². The lowest BCUT2D eigenvalue weighted by atomic mass is 10.1. The van der Waals surface area contributed by atoms with Crippen LogP contribution in [0.4, 0.5) is 0 Å². The van der Waals surface area contributed by atoms with Crippen LogP contribution >= 0.6 is 11.6 Å². The number of carbonyl (C=O) groups is 1. The lowest BCUT2D eigenvalue weighted by Gasteiger charge is -2.24. The smallest absolute Gasteiger partial charge is 0.254 e. The quantitative estimate of drug-likeness (QED) is 0.815. The molecule has 0 radical (unpaired) electrons. The summed E-state index contributed by atoms with van der Waals surface area (Å²) in [5, 5.41) is 0. The second-order valence-corrected chi connectivity index (χ2v) is 5.76. The summed E-state index contributed by atoms with van der Waals surface area (Å²) in [5.41, 5.74) is 2.27. The fourth-order valence-electron chi connectivity index (χ4n) is 2.98. The number of likely N-dealkylation sites (tertiary alicyclic amines) is 1. The van der Waals surface area contributed by atoms with Crippen LogP contribution in [0.3, 0.4) is 0 Å². The van der Waals surface area contributed by atoms with Gasteiger partial charge >= 0.3 is 0 Å². The fraction of sp³-hybridized carbons (Fsp3) is 0.438. The highest BCUT2D eigenvalue weighted by Crippen LogP contribution is 2.24. The van der Waals surface area contributed by atoms with E-state index in [4.69, 9.17) is 11.6 Å². The Morgan fingerprint density at radius 2 is 2.10 bits per heavy atom. The number of hydrogen-bond donors (Lipinski definition) is 0. The molecule has 110 valence electrons. The summed E-state index contributed by atoms with van der Waals surface area (Å²) >= 11 is 5.77. The molecule has 0 N–H and O–H groups in total. The average molecular weight is 304 g/mol. The highest BCUT2D eigenvalue weighted by Gasteiger charge is 2.28. The Bertz CT molecular complexity index is 646. The molecule has 1 amide bonds. The van der Waals surface area contributed by atoms with Gasteiger partial charge in [0.15, 0.2) is 0 Å². The van der Waals surface area contributed by atoms with Crippen molar-refractivity contribution in [1.29, 1.82) is 0 Å². The number of aromatic nitrogens is 2. The van der Waals surface area contributed by atoms with Gasteiger partial charge in [-0.3, -0.25) is 14.8 Å². The maximum atomic E-state index is 12.7. The zero-order valence-corrected chi connectivity index (χ0v) is 12.6. The second-order valence-electron chi connectivity index (χ2n) is 5.39. The Kier molecular flexibility index (Phi) is 4.34. The van der Waals surface area contributed by atoms with Gasteiger partial charge in [-0.15, -0.1) is 11.6 Å². The van der Waals surface area contributed by atoms with Gasteiger partial charge in [0, 0.05) is 36.4 Å². The number of amides is 1. The Morgan fingerprint density at radius 1 is 1.29 bits per heavy atom. The molecule has 2 aromatic rings.